The second-order valence-corrected chi connectivity index (χ2v) is 5.50. The van der Waals surface area contributed by atoms with Crippen LogP contribution < -0.4 is 10.6 Å². The van der Waals surface area contributed by atoms with Gasteiger partial charge in [0.15, 0.2) is 0 Å². The summed E-state index contributed by atoms with van der Waals surface area (Å²) in [6.07, 6.45) is 0. The second kappa shape index (κ2) is 6.65. The molecule has 0 unspecified atom stereocenters. The number of hydrogen-bond donors (Lipinski definition) is 1. The Morgan fingerprint density at radius 3 is 2.89 bits per heavy atom. The Bertz CT molecular complexity index is 526. The predicted octanol–water partition coefficient (Wildman–Crippen LogP) is 3.24. The number of aromatic nitrogens is 1. The van der Waals surface area contributed by atoms with Crippen LogP contribution in [0, 0.1) is 0 Å². The Morgan fingerprint density at radius 2 is 2.16 bits per heavy atom. The molecule has 19 heavy (non-hydrogen) atoms. The summed E-state index contributed by atoms with van der Waals surface area (Å²) in [5.74, 6) is 6.38. The molecule has 2 rings (SSSR count). The Morgan fingerprint density at radius 1 is 1.32 bits per heavy atom. The van der Waals surface area contributed by atoms with E-state index < -0.39 is 0 Å². The molecular weight excluding hydrogens is 260 g/mol. The van der Waals surface area contributed by atoms with Crippen molar-refractivity contribution in [2.24, 2.45) is 5.90 Å². The minimum atomic E-state index is 0.333. The molecule has 0 atom stereocenters. The van der Waals surface area contributed by atoms with E-state index in [2.05, 4.69) is 35.8 Å². The molecular formula is C14H18N2O2S. The highest BCUT2D eigenvalue weighted by molar-refractivity contribution is 7.09. The summed E-state index contributed by atoms with van der Waals surface area (Å²) >= 11 is 1.55. The lowest BCUT2D eigenvalue weighted by molar-refractivity contribution is 0.121. The first kappa shape index (κ1) is 14.0. The minimum absolute atomic E-state index is 0.333. The summed E-state index contributed by atoms with van der Waals surface area (Å²) in [6.45, 7) is 5.13. The van der Waals surface area contributed by atoms with E-state index in [9.17, 15) is 0 Å². The molecule has 0 fully saturated rings. The van der Waals surface area contributed by atoms with Crippen molar-refractivity contribution >= 4 is 11.3 Å². The molecule has 102 valence electrons. The molecule has 0 aliphatic rings. The van der Waals surface area contributed by atoms with E-state index in [1.54, 1.807) is 11.3 Å². The molecule has 5 heteroatoms. The highest BCUT2D eigenvalue weighted by Gasteiger charge is 2.04. The second-order valence-electron chi connectivity index (χ2n) is 4.56. The summed E-state index contributed by atoms with van der Waals surface area (Å²) in [5.41, 5.74) is 2.11. The third-order valence-corrected chi connectivity index (χ3v) is 3.59. The van der Waals surface area contributed by atoms with Gasteiger partial charge in [0.1, 0.15) is 24.0 Å². The SMILES string of the molecule is CC(C)c1cccc(OCc2nc(CON)cs2)c1. The Kier molecular flexibility index (Phi) is 4.90. The molecule has 1 aromatic carbocycles. The van der Waals surface area contributed by atoms with Crippen molar-refractivity contribution in [3.63, 3.8) is 0 Å². The molecule has 0 saturated heterocycles. The Balaban J connectivity index is 1.95. The third kappa shape index (κ3) is 4.02. The summed E-state index contributed by atoms with van der Waals surface area (Å²) in [4.78, 5) is 8.91. The largest absolute Gasteiger partial charge is 0.486 e. The molecule has 0 saturated carbocycles. The average molecular weight is 278 g/mol. The average Bonchev–Trinajstić information content (AvgIpc) is 2.85. The van der Waals surface area contributed by atoms with Gasteiger partial charge in [0, 0.05) is 5.38 Å². The van der Waals surface area contributed by atoms with E-state index in [4.69, 9.17) is 10.6 Å². The zero-order valence-electron chi connectivity index (χ0n) is 11.1. The van der Waals surface area contributed by atoms with E-state index in [0.717, 1.165) is 16.5 Å². The lowest BCUT2D eigenvalue weighted by atomic mass is 10.0. The Labute approximate surface area is 117 Å². The van der Waals surface area contributed by atoms with Crippen molar-refractivity contribution in [1.82, 2.24) is 4.98 Å². The molecule has 2 N–H and O–H groups in total. The van der Waals surface area contributed by atoms with Crippen molar-refractivity contribution in [1.29, 1.82) is 0 Å². The number of nitrogens with zero attached hydrogens (tertiary/aromatic N) is 1. The maximum absolute atomic E-state index is 5.75. The molecule has 1 aromatic heterocycles. The van der Waals surface area contributed by atoms with Gasteiger partial charge in [-0.15, -0.1) is 11.3 Å². The first-order valence-electron chi connectivity index (χ1n) is 6.16. The van der Waals surface area contributed by atoms with Crippen LogP contribution in [-0.4, -0.2) is 4.98 Å². The van der Waals surface area contributed by atoms with Gasteiger partial charge in [-0.1, -0.05) is 26.0 Å². The maximum Gasteiger partial charge on any atom is 0.140 e. The quantitative estimate of drug-likeness (QED) is 0.824. The van der Waals surface area contributed by atoms with Crippen LogP contribution in [0.15, 0.2) is 29.6 Å². The predicted molar refractivity (Wildman–Crippen MR) is 76.0 cm³/mol. The lowest BCUT2D eigenvalue weighted by Crippen LogP contribution is -2.00. The van der Waals surface area contributed by atoms with Crippen molar-refractivity contribution in [3.8, 4) is 5.75 Å². The van der Waals surface area contributed by atoms with Crippen molar-refractivity contribution in [3.05, 3.63) is 45.9 Å². The van der Waals surface area contributed by atoms with Crippen LogP contribution in [0.3, 0.4) is 0 Å². The van der Waals surface area contributed by atoms with Crippen LogP contribution in [-0.2, 0) is 18.1 Å². The fourth-order valence-corrected chi connectivity index (χ4v) is 2.37. The first-order valence-corrected chi connectivity index (χ1v) is 7.04. The molecule has 0 radical (unpaired) electrons. The Hall–Kier alpha value is -1.43. The molecule has 4 nitrogen and oxygen atoms in total. The van der Waals surface area contributed by atoms with E-state index in [-0.39, 0.29) is 0 Å². The van der Waals surface area contributed by atoms with Gasteiger partial charge in [-0.05, 0) is 23.6 Å². The van der Waals surface area contributed by atoms with Crippen molar-refractivity contribution in [2.45, 2.75) is 33.0 Å². The normalized spacial score (nSPS) is 10.9. The summed E-state index contributed by atoms with van der Waals surface area (Å²) in [7, 11) is 0. The molecule has 1 heterocycles. The number of ether oxygens (including phenoxy) is 1. The molecule has 2 aromatic rings. The van der Waals surface area contributed by atoms with Crippen LogP contribution >= 0.6 is 11.3 Å². The highest BCUT2D eigenvalue weighted by atomic mass is 32.1. The van der Waals surface area contributed by atoms with E-state index in [1.165, 1.54) is 5.56 Å². The summed E-state index contributed by atoms with van der Waals surface area (Å²) < 4.78 is 5.75. The molecule has 0 aliphatic carbocycles. The fraction of sp³-hybridized carbons (Fsp3) is 0.357. The number of hydrogen-bond acceptors (Lipinski definition) is 5. The van der Waals surface area contributed by atoms with Crippen molar-refractivity contribution < 1.29 is 9.57 Å². The van der Waals surface area contributed by atoms with Gasteiger partial charge >= 0.3 is 0 Å². The molecule has 0 amide bonds. The van der Waals surface area contributed by atoms with E-state index >= 15 is 0 Å². The maximum atomic E-state index is 5.75. The van der Waals surface area contributed by atoms with Crippen LogP contribution in [0.5, 0.6) is 5.75 Å². The fourth-order valence-electron chi connectivity index (χ4n) is 1.68. The number of nitrogens with two attached hydrogens (primary N) is 1. The van der Waals surface area contributed by atoms with Crippen LogP contribution in [0.4, 0.5) is 0 Å². The minimum Gasteiger partial charge on any atom is -0.486 e. The third-order valence-electron chi connectivity index (χ3n) is 2.72. The van der Waals surface area contributed by atoms with Crippen LogP contribution in [0.2, 0.25) is 0 Å². The van der Waals surface area contributed by atoms with Gasteiger partial charge in [-0.25, -0.2) is 10.9 Å². The zero-order valence-corrected chi connectivity index (χ0v) is 11.9. The van der Waals surface area contributed by atoms with Crippen LogP contribution in [0.1, 0.15) is 36.0 Å². The van der Waals surface area contributed by atoms with Gasteiger partial charge in [0.2, 0.25) is 0 Å². The smallest absolute Gasteiger partial charge is 0.140 e. The highest BCUT2D eigenvalue weighted by Crippen LogP contribution is 2.21. The van der Waals surface area contributed by atoms with Gasteiger partial charge in [0.05, 0.1) is 5.69 Å². The topological polar surface area (TPSA) is 57.4 Å². The molecule has 0 spiro atoms. The monoisotopic (exact) mass is 278 g/mol. The first-order chi connectivity index (χ1) is 9.19. The van der Waals surface area contributed by atoms with Crippen molar-refractivity contribution in [2.75, 3.05) is 0 Å². The zero-order chi connectivity index (χ0) is 13.7. The molecule has 0 aliphatic heterocycles. The van der Waals surface area contributed by atoms with E-state index in [1.807, 2.05) is 17.5 Å². The van der Waals surface area contributed by atoms with Gasteiger partial charge in [0.25, 0.3) is 0 Å². The van der Waals surface area contributed by atoms with Crippen LogP contribution in [0.25, 0.3) is 0 Å². The van der Waals surface area contributed by atoms with E-state index in [0.29, 0.717) is 19.1 Å². The molecule has 0 bridgehead atoms. The number of benzene rings is 1. The standard InChI is InChI=1S/C14H18N2O2S/c1-10(2)11-4-3-5-13(6-11)17-8-14-16-12(7-18-15)9-19-14/h3-6,9-10H,7-8,15H2,1-2H3. The number of rotatable bonds is 6. The van der Waals surface area contributed by atoms with Gasteiger partial charge in [-0.3, -0.25) is 4.84 Å². The number of thiazole rings is 1. The van der Waals surface area contributed by atoms with Gasteiger partial charge < -0.3 is 4.74 Å². The summed E-state index contributed by atoms with van der Waals surface area (Å²) in [6, 6.07) is 8.16. The summed E-state index contributed by atoms with van der Waals surface area (Å²) in [5, 5.41) is 2.85. The van der Waals surface area contributed by atoms with Gasteiger partial charge in [-0.2, -0.15) is 0 Å². The lowest BCUT2D eigenvalue weighted by Gasteiger charge is -2.08.